The second-order valence-corrected chi connectivity index (χ2v) is 7.99. The lowest BCUT2D eigenvalue weighted by Gasteiger charge is -2.19. The van der Waals surface area contributed by atoms with Gasteiger partial charge in [-0.1, -0.05) is 11.8 Å². The standard InChI is InChI=1S/C19H22N4O2S/c1-12-10-17-20-21-19(26-13(2)18(24)22-8-4-5-9-22)23(17)16-11-14(25-3)6-7-15(12)16/h6-7,10-11,13H,4-5,8-9H2,1-3H3. The van der Waals surface area contributed by atoms with Gasteiger partial charge in [-0.25, -0.2) is 0 Å². The van der Waals surface area contributed by atoms with Crippen molar-refractivity contribution >= 4 is 34.2 Å². The fourth-order valence-corrected chi connectivity index (χ4v) is 4.46. The zero-order valence-electron chi connectivity index (χ0n) is 15.2. The molecule has 0 radical (unpaired) electrons. The Bertz CT molecular complexity index is 978. The van der Waals surface area contributed by atoms with Crippen LogP contribution in [0.2, 0.25) is 0 Å². The molecule has 4 rings (SSSR count). The molecule has 0 N–H and O–H groups in total. The number of carbonyl (C=O) groups excluding carboxylic acids is 1. The van der Waals surface area contributed by atoms with E-state index in [1.165, 1.54) is 11.8 Å². The highest BCUT2D eigenvalue weighted by Gasteiger charge is 2.25. The monoisotopic (exact) mass is 370 g/mol. The van der Waals surface area contributed by atoms with Crippen molar-refractivity contribution in [3.63, 3.8) is 0 Å². The summed E-state index contributed by atoms with van der Waals surface area (Å²) in [7, 11) is 1.66. The fourth-order valence-electron chi connectivity index (χ4n) is 3.51. The van der Waals surface area contributed by atoms with E-state index in [1.807, 2.05) is 34.4 Å². The SMILES string of the molecule is COc1ccc2c(C)cc3nnc(SC(C)C(=O)N4CCCC4)n3c2c1. The fraction of sp³-hybridized carbons (Fsp3) is 0.421. The summed E-state index contributed by atoms with van der Waals surface area (Å²) in [5, 5.41) is 10.3. The molecule has 0 spiro atoms. The number of hydrogen-bond acceptors (Lipinski definition) is 5. The number of thioether (sulfide) groups is 1. The molecular weight excluding hydrogens is 348 g/mol. The molecule has 1 aliphatic heterocycles. The van der Waals surface area contributed by atoms with Gasteiger partial charge in [0.1, 0.15) is 5.75 Å². The van der Waals surface area contributed by atoms with Crippen LogP contribution in [0.5, 0.6) is 5.75 Å². The number of nitrogens with zero attached hydrogens (tertiary/aromatic N) is 4. The van der Waals surface area contributed by atoms with Crippen molar-refractivity contribution in [3.8, 4) is 5.75 Å². The molecule has 1 aliphatic rings. The third-order valence-electron chi connectivity index (χ3n) is 4.92. The molecule has 3 heterocycles. The largest absolute Gasteiger partial charge is 0.497 e. The molecule has 1 atom stereocenters. The van der Waals surface area contributed by atoms with Crippen molar-refractivity contribution in [2.24, 2.45) is 0 Å². The lowest BCUT2D eigenvalue weighted by molar-refractivity contribution is -0.129. The lowest BCUT2D eigenvalue weighted by Crippen LogP contribution is -2.34. The van der Waals surface area contributed by atoms with Gasteiger partial charge in [0.25, 0.3) is 0 Å². The molecule has 26 heavy (non-hydrogen) atoms. The number of benzene rings is 1. The van der Waals surface area contributed by atoms with Crippen LogP contribution in [0, 0.1) is 6.92 Å². The topological polar surface area (TPSA) is 59.7 Å². The van der Waals surface area contributed by atoms with Crippen LogP contribution in [0.1, 0.15) is 25.3 Å². The van der Waals surface area contributed by atoms with Crippen LogP contribution in [0.25, 0.3) is 16.6 Å². The van der Waals surface area contributed by atoms with Crippen LogP contribution in [0.3, 0.4) is 0 Å². The Hall–Kier alpha value is -2.28. The predicted molar refractivity (Wildman–Crippen MR) is 103 cm³/mol. The normalized spacial score (nSPS) is 15.7. The Balaban J connectivity index is 1.75. The molecule has 2 aromatic heterocycles. The molecule has 0 saturated carbocycles. The molecule has 3 aromatic rings. The number of aryl methyl sites for hydroxylation is 1. The molecule has 6 nitrogen and oxygen atoms in total. The van der Waals surface area contributed by atoms with Gasteiger partial charge >= 0.3 is 0 Å². The average Bonchev–Trinajstić information content (AvgIpc) is 3.31. The van der Waals surface area contributed by atoms with Gasteiger partial charge in [-0.05, 0) is 50.5 Å². The number of rotatable bonds is 4. The van der Waals surface area contributed by atoms with Gasteiger partial charge in [0, 0.05) is 24.5 Å². The molecule has 1 unspecified atom stereocenters. The predicted octanol–water partition coefficient (Wildman–Crippen LogP) is 3.30. The van der Waals surface area contributed by atoms with E-state index in [-0.39, 0.29) is 11.2 Å². The quantitative estimate of drug-likeness (QED) is 0.660. The van der Waals surface area contributed by atoms with E-state index < -0.39 is 0 Å². The summed E-state index contributed by atoms with van der Waals surface area (Å²) < 4.78 is 7.41. The smallest absolute Gasteiger partial charge is 0.235 e. The van der Waals surface area contributed by atoms with E-state index >= 15 is 0 Å². The van der Waals surface area contributed by atoms with Crippen molar-refractivity contribution in [3.05, 3.63) is 29.8 Å². The zero-order valence-corrected chi connectivity index (χ0v) is 16.0. The Morgan fingerprint density at radius 2 is 2.00 bits per heavy atom. The van der Waals surface area contributed by atoms with E-state index in [4.69, 9.17) is 4.74 Å². The van der Waals surface area contributed by atoms with Crippen LogP contribution in [-0.4, -0.2) is 50.9 Å². The lowest BCUT2D eigenvalue weighted by atomic mass is 10.1. The van der Waals surface area contributed by atoms with Crippen LogP contribution < -0.4 is 4.74 Å². The molecular formula is C19H22N4O2S. The minimum atomic E-state index is -0.192. The third-order valence-corrected chi connectivity index (χ3v) is 5.95. The summed E-state index contributed by atoms with van der Waals surface area (Å²) in [6, 6.07) is 8.03. The maximum atomic E-state index is 12.7. The molecule has 1 amide bonds. The average molecular weight is 370 g/mol. The van der Waals surface area contributed by atoms with Crippen LogP contribution in [0.15, 0.2) is 29.4 Å². The van der Waals surface area contributed by atoms with Crippen LogP contribution in [0.4, 0.5) is 0 Å². The third kappa shape index (κ3) is 2.90. The summed E-state index contributed by atoms with van der Waals surface area (Å²) >= 11 is 1.47. The van der Waals surface area contributed by atoms with Gasteiger partial charge in [-0.15, -0.1) is 10.2 Å². The van der Waals surface area contributed by atoms with Crippen molar-refractivity contribution in [2.75, 3.05) is 20.2 Å². The molecule has 136 valence electrons. The van der Waals surface area contributed by atoms with Gasteiger partial charge in [-0.3, -0.25) is 9.20 Å². The number of methoxy groups -OCH3 is 1. The molecule has 0 aliphatic carbocycles. The second kappa shape index (κ2) is 6.79. The van der Waals surface area contributed by atoms with E-state index in [2.05, 4.69) is 23.2 Å². The molecule has 1 aromatic carbocycles. The number of likely N-dealkylation sites (tertiary alicyclic amines) is 1. The summed E-state index contributed by atoms with van der Waals surface area (Å²) in [5.41, 5.74) is 2.92. The summed E-state index contributed by atoms with van der Waals surface area (Å²) in [6.07, 6.45) is 2.20. The van der Waals surface area contributed by atoms with Crippen LogP contribution >= 0.6 is 11.8 Å². The first-order valence-corrected chi connectivity index (χ1v) is 9.74. The van der Waals surface area contributed by atoms with Gasteiger partial charge in [0.15, 0.2) is 10.8 Å². The Labute approximate surface area is 156 Å². The number of carbonyl (C=O) groups is 1. The van der Waals surface area contributed by atoms with Gasteiger partial charge in [0.05, 0.1) is 17.9 Å². The number of ether oxygens (including phenoxy) is 1. The maximum Gasteiger partial charge on any atom is 0.235 e. The number of pyridine rings is 1. The van der Waals surface area contributed by atoms with E-state index in [0.29, 0.717) is 0 Å². The maximum absolute atomic E-state index is 12.7. The Morgan fingerprint density at radius 1 is 1.23 bits per heavy atom. The van der Waals surface area contributed by atoms with Crippen molar-refractivity contribution in [1.29, 1.82) is 0 Å². The van der Waals surface area contributed by atoms with Crippen molar-refractivity contribution in [2.45, 2.75) is 37.1 Å². The Kier molecular flexibility index (Phi) is 4.48. The number of hydrogen-bond donors (Lipinski definition) is 0. The zero-order chi connectivity index (χ0) is 18.3. The van der Waals surface area contributed by atoms with Gasteiger partial charge in [-0.2, -0.15) is 0 Å². The first-order chi connectivity index (χ1) is 12.6. The highest BCUT2D eigenvalue weighted by molar-refractivity contribution is 8.00. The molecule has 0 bridgehead atoms. The summed E-state index contributed by atoms with van der Waals surface area (Å²) in [5.74, 6) is 0.966. The van der Waals surface area contributed by atoms with Crippen LogP contribution in [-0.2, 0) is 4.79 Å². The highest BCUT2D eigenvalue weighted by Crippen LogP contribution is 2.30. The highest BCUT2D eigenvalue weighted by atomic mass is 32.2. The van der Waals surface area contributed by atoms with Gasteiger partial charge in [0.2, 0.25) is 5.91 Å². The minimum absolute atomic E-state index is 0.179. The first kappa shape index (κ1) is 17.1. The summed E-state index contributed by atoms with van der Waals surface area (Å²) in [6.45, 7) is 5.74. The number of aromatic nitrogens is 3. The molecule has 7 heteroatoms. The first-order valence-electron chi connectivity index (χ1n) is 8.86. The van der Waals surface area contributed by atoms with Crippen molar-refractivity contribution in [1.82, 2.24) is 19.5 Å². The van der Waals surface area contributed by atoms with E-state index in [9.17, 15) is 4.79 Å². The van der Waals surface area contributed by atoms with Crippen molar-refractivity contribution < 1.29 is 9.53 Å². The van der Waals surface area contributed by atoms with E-state index in [0.717, 1.165) is 59.0 Å². The molecule has 1 fully saturated rings. The molecule has 1 saturated heterocycles. The van der Waals surface area contributed by atoms with Gasteiger partial charge < -0.3 is 9.64 Å². The minimum Gasteiger partial charge on any atom is -0.497 e. The number of amides is 1. The summed E-state index contributed by atoms with van der Waals surface area (Å²) in [4.78, 5) is 14.6. The second-order valence-electron chi connectivity index (χ2n) is 6.68. The number of fused-ring (bicyclic) bond motifs is 3. The van der Waals surface area contributed by atoms with E-state index in [1.54, 1.807) is 7.11 Å². The Morgan fingerprint density at radius 3 is 2.73 bits per heavy atom.